The summed E-state index contributed by atoms with van der Waals surface area (Å²) in [6, 6.07) is 23.5. The summed E-state index contributed by atoms with van der Waals surface area (Å²) in [5.41, 5.74) is 4.84. The average molecular weight is 536 g/mol. The Balaban J connectivity index is 1.21. The molecule has 0 spiro atoms. The predicted octanol–water partition coefficient (Wildman–Crippen LogP) is 4.51. The Morgan fingerprint density at radius 1 is 1.02 bits per heavy atom. The van der Waals surface area contributed by atoms with Gasteiger partial charge in [-0.15, -0.1) is 0 Å². The first-order chi connectivity index (χ1) is 19.4. The Morgan fingerprint density at radius 3 is 2.38 bits per heavy atom. The Hall–Kier alpha value is -5.14. The van der Waals surface area contributed by atoms with Gasteiger partial charge < -0.3 is 25.5 Å². The second kappa shape index (κ2) is 11.7. The van der Waals surface area contributed by atoms with E-state index in [2.05, 4.69) is 31.8 Å². The number of anilines is 5. The quantitative estimate of drug-likeness (QED) is 0.273. The van der Waals surface area contributed by atoms with Gasteiger partial charge in [-0.3, -0.25) is 14.7 Å². The molecule has 3 aromatic carbocycles. The maximum atomic E-state index is 12.8. The van der Waals surface area contributed by atoms with Crippen LogP contribution in [0.5, 0.6) is 0 Å². The molecule has 2 heterocycles. The number of aliphatic hydroxyl groups excluding tert-OH is 1. The highest BCUT2D eigenvalue weighted by molar-refractivity contribution is 6.05. The van der Waals surface area contributed by atoms with Gasteiger partial charge in [0.1, 0.15) is 11.8 Å². The molecule has 1 aromatic heterocycles. The molecule has 0 aliphatic carbocycles. The first-order valence-corrected chi connectivity index (χ1v) is 12.9. The number of amides is 2. The number of piperidine rings is 1. The highest BCUT2D eigenvalue weighted by atomic mass is 16.3. The molecule has 4 aromatic rings. The fourth-order valence-corrected chi connectivity index (χ4v) is 4.57. The van der Waals surface area contributed by atoms with Gasteiger partial charge in [-0.1, -0.05) is 0 Å². The molecule has 1 saturated heterocycles. The molecule has 5 rings (SSSR count). The zero-order chi connectivity index (χ0) is 28.1. The Bertz CT molecular complexity index is 1520. The Kier molecular flexibility index (Phi) is 7.75. The van der Waals surface area contributed by atoms with Crippen molar-refractivity contribution in [2.24, 2.45) is 0 Å². The molecule has 0 atom stereocenters. The predicted molar refractivity (Wildman–Crippen MR) is 154 cm³/mol. The first kappa shape index (κ1) is 26.5. The highest BCUT2D eigenvalue weighted by Gasteiger charge is 2.18. The first-order valence-electron chi connectivity index (χ1n) is 12.9. The van der Waals surface area contributed by atoms with Crippen LogP contribution in [0.1, 0.15) is 39.3 Å². The van der Waals surface area contributed by atoms with Crippen molar-refractivity contribution in [2.75, 3.05) is 40.6 Å². The summed E-state index contributed by atoms with van der Waals surface area (Å²) in [6.45, 7) is 1.58. The number of carbonyl (C=O) groups excluding carboxylic acids is 2. The number of nitrogens with one attached hydrogen (secondary N) is 3. The van der Waals surface area contributed by atoms with Crippen LogP contribution in [-0.2, 0) is 0 Å². The number of aliphatic hydroxyl groups is 1. The van der Waals surface area contributed by atoms with Crippen molar-refractivity contribution in [1.29, 1.82) is 5.26 Å². The molecule has 0 saturated carbocycles. The van der Waals surface area contributed by atoms with Crippen molar-refractivity contribution >= 4 is 40.3 Å². The third kappa shape index (κ3) is 5.95. The molecule has 0 radical (unpaired) electrons. The average Bonchev–Trinajstić information content (AvgIpc) is 3.53. The number of nitrogens with zero attached hydrogens (tertiary/aromatic N) is 4. The summed E-state index contributed by atoms with van der Waals surface area (Å²) in [7, 11) is 1.68. The monoisotopic (exact) mass is 535 g/mol. The van der Waals surface area contributed by atoms with E-state index >= 15 is 0 Å². The van der Waals surface area contributed by atoms with Crippen LogP contribution >= 0.6 is 0 Å². The largest absolute Gasteiger partial charge is 0.393 e. The summed E-state index contributed by atoms with van der Waals surface area (Å²) in [6.07, 6.45) is 2.77. The lowest BCUT2D eigenvalue weighted by Crippen LogP contribution is -2.35. The van der Waals surface area contributed by atoms with Crippen molar-refractivity contribution < 1.29 is 14.7 Å². The molecule has 40 heavy (non-hydrogen) atoms. The summed E-state index contributed by atoms with van der Waals surface area (Å²) in [5, 5.41) is 32.0. The van der Waals surface area contributed by atoms with Crippen LogP contribution in [0.2, 0.25) is 0 Å². The number of nitriles is 1. The van der Waals surface area contributed by atoms with E-state index in [0.717, 1.165) is 37.3 Å². The molecule has 10 heteroatoms. The van der Waals surface area contributed by atoms with Crippen molar-refractivity contribution in [3.8, 4) is 6.07 Å². The topological polar surface area (TPSA) is 137 Å². The zero-order valence-electron chi connectivity index (χ0n) is 22.0. The van der Waals surface area contributed by atoms with E-state index < -0.39 is 0 Å². The Morgan fingerprint density at radius 2 is 1.73 bits per heavy atom. The van der Waals surface area contributed by atoms with Crippen LogP contribution in [0.3, 0.4) is 0 Å². The molecule has 4 N–H and O–H groups in total. The van der Waals surface area contributed by atoms with E-state index in [1.807, 2.05) is 24.3 Å². The summed E-state index contributed by atoms with van der Waals surface area (Å²) in [4.78, 5) is 29.1. The van der Waals surface area contributed by atoms with Crippen molar-refractivity contribution in [2.45, 2.75) is 18.9 Å². The number of hydrogen-bond acceptors (Lipinski definition) is 7. The van der Waals surface area contributed by atoms with E-state index in [0.29, 0.717) is 33.9 Å². The minimum absolute atomic E-state index is 0.207. The van der Waals surface area contributed by atoms with Gasteiger partial charge in [0.2, 0.25) is 0 Å². The third-order valence-corrected chi connectivity index (χ3v) is 6.93. The number of H-pyrrole nitrogens is 1. The van der Waals surface area contributed by atoms with Crippen LogP contribution in [0, 0.1) is 11.3 Å². The van der Waals surface area contributed by atoms with Crippen molar-refractivity contribution in [1.82, 2.24) is 10.2 Å². The van der Waals surface area contributed by atoms with Gasteiger partial charge in [-0.2, -0.15) is 10.4 Å². The molecular formula is C30H29N7O3. The molecular weight excluding hydrogens is 506 g/mol. The van der Waals surface area contributed by atoms with Crippen molar-refractivity contribution in [3.63, 3.8) is 0 Å². The van der Waals surface area contributed by atoms with Gasteiger partial charge in [0.25, 0.3) is 11.8 Å². The lowest BCUT2D eigenvalue weighted by atomic mass is 10.1. The number of aromatic amines is 1. The maximum absolute atomic E-state index is 12.8. The normalized spacial score (nSPS) is 13.4. The molecule has 0 unspecified atom stereocenters. The zero-order valence-corrected chi connectivity index (χ0v) is 22.0. The van der Waals surface area contributed by atoms with Crippen molar-refractivity contribution in [3.05, 3.63) is 95.8 Å². The minimum Gasteiger partial charge on any atom is -0.393 e. The fraction of sp³-hybridized carbons (Fsp3) is 0.200. The van der Waals surface area contributed by atoms with Crippen LogP contribution in [0.25, 0.3) is 0 Å². The smallest absolute Gasteiger partial charge is 0.276 e. The second-order valence-electron chi connectivity index (χ2n) is 9.60. The van der Waals surface area contributed by atoms with Gasteiger partial charge in [-0.05, 0) is 85.6 Å². The Labute approximate surface area is 231 Å². The molecule has 202 valence electrons. The third-order valence-electron chi connectivity index (χ3n) is 6.93. The standard InChI is InChI=1S/C30H29N7O3/c1-36(30(40)28-12-15-32-35-28)24-9-4-22(5-10-24)33-27-11-6-23(18-21(27)19-31)34-29(39)20-2-7-25(8-3-20)37-16-13-26(38)14-17-37/h2-12,15,18,26,33,38H,13-14,16-17H2,1H3,(H,32,35)(H,34,39). The van der Waals surface area contributed by atoms with Crippen LogP contribution in [0.15, 0.2) is 79.0 Å². The number of carbonyl (C=O) groups is 2. The van der Waals surface area contributed by atoms with E-state index in [-0.39, 0.29) is 17.9 Å². The van der Waals surface area contributed by atoms with Crippen LogP contribution in [0.4, 0.5) is 28.4 Å². The van der Waals surface area contributed by atoms with Crippen LogP contribution in [-0.4, -0.2) is 53.4 Å². The van der Waals surface area contributed by atoms with Gasteiger partial charge in [-0.25, -0.2) is 0 Å². The lowest BCUT2D eigenvalue weighted by Gasteiger charge is -2.31. The maximum Gasteiger partial charge on any atom is 0.276 e. The SMILES string of the molecule is CN(C(=O)c1ccn[nH]1)c1ccc(Nc2ccc(NC(=O)c3ccc(N4CCC(O)CC4)cc3)cc2C#N)cc1. The molecule has 1 aliphatic heterocycles. The minimum atomic E-state index is -0.269. The number of benzene rings is 3. The van der Waals surface area contributed by atoms with Gasteiger partial charge >= 0.3 is 0 Å². The second-order valence-corrected chi connectivity index (χ2v) is 9.60. The van der Waals surface area contributed by atoms with Gasteiger partial charge in [0.05, 0.1) is 17.4 Å². The summed E-state index contributed by atoms with van der Waals surface area (Å²) < 4.78 is 0. The summed E-state index contributed by atoms with van der Waals surface area (Å²) in [5.74, 6) is -0.476. The van der Waals surface area contributed by atoms with E-state index in [4.69, 9.17) is 0 Å². The van der Waals surface area contributed by atoms with Gasteiger partial charge in [0, 0.05) is 54.6 Å². The van der Waals surface area contributed by atoms with Gasteiger partial charge in [0.15, 0.2) is 0 Å². The number of rotatable bonds is 7. The molecule has 1 fully saturated rings. The van der Waals surface area contributed by atoms with Crippen LogP contribution < -0.4 is 20.4 Å². The highest BCUT2D eigenvalue weighted by Crippen LogP contribution is 2.27. The van der Waals surface area contributed by atoms with E-state index in [9.17, 15) is 20.0 Å². The molecule has 1 aliphatic rings. The molecule has 2 amide bonds. The van der Waals surface area contributed by atoms with E-state index in [1.54, 1.807) is 55.6 Å². The summed E-state index contributed by atoms with van der Waals surface area (Å²) >= 11 is 0. The molecule has 10 nitrogen and oxygen atoms in total. The number of aromatic nitrogens is 2. The molecule has 0 bridgehead atoms. The van der Waals surface area contributed by atoms with E-state index in [1.165, 1.54) is 11.1 Å². The number of hydrogen-bond donors (Lipinski definition) is 4. The lowest BCUT2D eigenvalue weighted by molar-refractivity contribution is 0.0986. The fourth-order valence-electron chi connectivity index (χ4n) is 4.57.